The van der Waals surface area contributed by atoms with Crippen LogP contribution in [-0.4, -0.2) is 5.11 Å². The van der Waals surface area contributed by atoms with Gasteiger partial charge in [-0.05, 0) is 54.0 Å². The van der Waals surface area contributed by atoms with Gasteiger partial charge in [-0.2, -0.15) is 0 Å². The van der Waals surface area contributed by atoms with E-state index < -0.39 is 6.10 Å². The lowest BCUT2D eigenvalue weighted by Gasteiger charge is -2.30. The summed E-state index contributed by atoms with van der Waals surface area (Å²) in [7, 11) is 0. The molecule has 1 nitrogen and oxygen atoms in total. The normalized spacial score (nSPS) is 21.6. The average Bonchev–Trinajstić information content (AvgIpc) is 2.46. The first-order valence-electron chi connectivity index (χ1n) is 6.85. The number of halogens is 2. The number of aryl methyl sites for hydroxylation is 1. The zero-order valence-electron chi connectivity index (χ0n) is 11.0. The van der Waals surface area contributed by atoms with Crippen LogP contribution in [0, 0.1) is 5.92 Å². The molecule has 1 N–H and O–H groups in total. The Morgan fingerprint density at radius 3 is 2.65 bits per heavy atom. The molecule has 2 aromatic carbocycles. The molecular formula is C17H16Cl2O. The molecule has 0 saturated heterocycles. The van der Waals surface area contributed by atoms with Crippen LogP contribution >= 0.6 is 23.2 Å². The Hall–Kier alpha value is -1.02. The minimum Gasteiger partial charge on any atom is -0.388 e. The summed E-state index contributed by atoms with van der Waals surface area (Å²) in [6, 6.07) is 13.9. The molecule has 0 heterocycles. The van der Waals surface area contributed by atoms with Crippen LogP contribution < -0.4 is 0 Å². The van der Waals surface area contributed by atoms with Crippen molar-refractivity contribution in [3.63, 3.8) is 0 Å². The predicted octanol–water partition coefficient (Wildman–Crippen LogP) is 4.83. The fraction of sp³-hybridized carbons (Fsp3) is 0.294. The number of rotatable bonds is 2. The lowest BCUT2D eigenvalue weighted by molar-refractivity contribution is 0.0936. The van der Waals surface area contributed by atoms with Gasteiger partial charge in [-0.1, -0.05) is 53.5 Å². The van der Waals surface area contributed by atoms with Crippen molar-refractivity contribution in [2.24, 2.45) is 5.92 Å². The molecule has 0 aliphatic heterocycles. The van der Waals surface area contributed by atoms with Gasteiger partial charge in [0.2, 0.25) is 0 Å². The molecule has 0 spiro atoms. The molecule has 0 aromatic heterocycles. The van der Waals surface area contributed by atoms with Crippen molar-refractivity contribution < 1.29 is 5.11 Å². The Labute approximate surface area is 129 Å². The van der Waals surface area contributed by atoms with E-state index in [1.165, 1.54) is 5.56 Å². The smallest absolute Gasteiger partial charge is 0.0824 e. The van der Waals surface area contributed by atoms with Crippen LogP contribution in [0.4, 0.5) is 0 Å². The molecule has 2 atom stereocenters. The zero-order valence-corrected chi connectivity index (χ0v) is 12.5. The first kappa shape index (κ1) is 13.9. The lowest BCUT2D eigenvalue weighted by Crippen LogP contribution is -2.22. The quantitative estimate of drug-likeness (QED) is 0.842. The Bertz CT molecular complexity index is 624. The van der Waals surface area contributed by atoms with E-state index in [9.17, 15) is 5.11 Å². The van der Waals surface area contributed by atoms with Crippen LogP contribution in [0.1, 0.15) is 29.2 Å². The molecule has 20 heavy (non-hydrogen) atoms. The van der Waals surface area contributed by atoms with Crippen LogP contribution in [0.15, 0.2) is 42.5 Å². The number of fused-ring (bicyclic) bond motifs is 1. The highest BCUT2D eigenvalue weighted by molar-refractivity contribution is 6.42. The van der Waals surface area contributed by atoms with Gasteiger partial charge in [0.05, 0.1) is 16.1 Å². The standard InChI is InChI=1S/C17H16Cl2O/c18-15-8-5-11(10-16(15)19)9-13-7-6-12-3-1-2-4-14(12)17(13)20/h1-5,8,10,13,17,20H,6-7,9H2. The Kier molecular flexibility index (Phi) is 4.02. The first-order valence-corrected chi connectivity index (χ1v) is 7.60. The summed E-state index contributed by atoms with van der Waals surface area (Å²) in [6.45, 7) is 0. The van der Waals surface area contributed by atoms with Gasteiger partial charge in [0.15, 0.2) is 0 Å². The summed E-state index contributed by atoms with van der Waals surface area (Å²) < 4.78 is 0. The number of benzene rings is 2. The molecule has 3 rings (SSSR count). The molecule has 3 heteroatoms. The Balaban J connectivity index is 1.81. The number of hydrogen-bond donors (Lipinski definition) is 1. The summed E-state index contributed by atoms with van der Waals surface area (Å²) in [4.78, 5) is 0. The third-order valence-electron chi connectivity index (χ3n) is 4.09. The van der Waals surface area contributed by atoms with E-state index in [4.69, 9.17) is 23.2 Å². The maximum atomic E-state index is 10.5. The van der Waals surface area contributed by atoms with Gasteiger partial charge in [-0.25, -0.2) is 0 Å². The van der Waals surface area contributed by atoms with Crippen molar-refractivity contribution in [3.8, 4) is 0 Å². The molecule has 104 valence electrons. The minimum atomic E-state index is -0.394. The summed E-state index contributed by atoms with van der Waals surface area (Å²) >= 11 is 12.0. The van der Waals surface area contributed by atoms with E-state index in [2.05, 4.69) is 6.07 Å². The molecule has 0 fully saturated rings. The maximum Gasteiger partial charge on any atom is 0.0824 e. The molecule has 2 aromatic rings. The Morgan fingerprint density at radius 2 is 1.85 bits per heavy atom. The van der Waals surface area contributed by atoms with E-state index in [0.29, 0.717) is 10.0 Å². The van der Waals surface area contributed by atoms with E-state index >= 15 is 0 Å². The van der Waals surface area contributed by atoms with Crippen molar-refractivity contribution >= 4 is 23.2 Å². The number of aliphatic hydroxyl groups is 1. The summed E-state index contributed by atoms with van der Waals surface area (Å²) in [5, 5.41) is 11.7. The van der Waals surface area contributed by atoms with Crippen molar-refractivity contribution in [2.45, 2.75) is 25.4 Å². The van der Waals surface area contributed by atoms with Crippen LogP contribution in [0.3, 0.4) is 0 Å². The van der Waals surface area contributed by atoms with E-state index in [-0.39, 0.29) is 5.92 Å². The molecule has 0 saturated carbocycles. The second-order valence-electron chi connectivity index (χ2n) is 5.39. The van der Waals surface area contributed by atoms with Crippen molar-refractivity contribution in [1.29, 1.82) is 0 Å². The van der Waals surface area contributed by atoms with Gasteiger partial charge in [0.1, 0.15) is 0 Å². The second kappa shape index (κ2) is 5.77. The molecule has 2 unspecified atom stereocenters. The van der Waals surface area contributed by atoms with Crippen molar-refractivity contribution in [1.82, 2.24) is 0 Å². The third kappa shape index (κ3) is 2.71. The van der Waals surface area contributed by atoms with Crippen molar-refractivity contribution in [2.75, 3.05) is 0 Å². The SMILES string of the molecule is OC1c2ccccc2CCC1Cc1ccc(Cl)c(Cl)c1. The van der Waals surface area contributed by atoms with Gasteiger partial charge in [-0.3, -0.25) is 0 Å². The third-order valence-corrected chi connectivity index (χ3v) is 4.83. The summed E-state index contributed by atoms with van der Waals surface area (Å²) in [5.41, 5.74) is 3.47. The Morgan fingerprint density at radius 1 is 1.05 bits per heavy atom. The molecule has 0 bridgehead atoms. The van der Waals surface area contributed by atoms with Crippen LogP contribution in [-0.2, 0) is 12.8 Å². The van der Waals surface area contributed by atoms with Gasteiger partial charge < -0.3 is 5.11 Å². The van der Waals surface area contributed by atoms with Crippen molar-refractivity contribution in [3.05, 3.63) is 69.2 Å². The van der Waals surface area contributed by atoms with E-state index in [1.807, 2.05) is 36.4 Å². The van der Waals surface area contributed by atoms with Crippen LogP contribution in [0.5, 0.6) is 0 Å². The topological polar surface area (TPSA) is 20.2 Å². The molecule has 0 radical (unpaired) electrons. The molecule has 0 amide bonds. The monoisotopic (exact) mass is 306 g/mol. The highest BCUT2D eigenvalue weighted by Crippen LogP contribution is 2.36. The van der Waals surface area contributed by atoms with Gasteiger partial charge >= 0.3 is 0 Å². The largest absolute Gasteiger partial charge is 0.388 e. The van der Waals surface area contributed by atoms with E-state index in [0.717, 1.165) is 30.4 Å². The van der Waals surface area contributed by atoms with Gasteiger partial charge in [-0.15, -0.1) is 0 Å². The summed E-state index contributed by atoms with van der Waals surface area (Å²) in [5.74, 6) is 0.238. The minimum absolute atomic E-state index is 0.238. The number of aliphatic hydroxyl groups excluding tert-OH is 1. The van der Waals surface area contributed by atoms with Crippen LogP contribution in [0.25, 0.3) is 0 Å². The fourth-order valence-electron chi connectivity index (χ4n) is 2.99. The van der Waals surface area contributed by atoms with Gasteiger partial charge in [0, 0.05) is 0 Å². The first-order chi connectivity index (χ1) is 9.65. The maximum absolute atomic E-state index is 10.5. The molecular weight excluding hydrogens is 291 g/mol. The van der Waals surface area contributed by atoms with E-state index in [1.54, 1.807) is 0 Å². The lowest BCUT2D eigenvalue weighted by atomic mass is 9.78. The fourth-order valence-corrected chi connectivity index (χ4v) is 3.31. The highest BCUT2D eigenvalue weighted by atomic mass is 35.5. The predicted molar refractivity (Wildman–Crippen MR) is 83.4 cm³/mol. The molecule has 1 aliphatic carbocycles. The number of hydrogen-bond acceptors (Lipinski definition) is 1. The van der Waals surface area contributed by atoms with Crippen LogP contribution in [0.2, 0.25) is 10.0 Å². The van der Waals surface area contributed by atoms with Gasteiger partial charge in [0.25, 0.3) is 0 Å². The highest BCUT2D eigenvalue weighted by Gasteiger charge is 2.27. The zero-order chi connectivity index (χ0) is 14.1. The molecule has 1 aliphatic rings. The second-order valence-corrected chi connectivity index (χ2v) is 6.21. The average molecular weight is 307 g/mol. The summed E-state index contributed by atoms with van der Waals surface area (Å²) in [6.07, 6.45) is 2.46.